The molecule has 1 fully saturated rings. The zero-order valence-corrected chi connectivity index (χ0v) is 25.7. The van der Waals surface area contributed by atoms with E-state index in [2.05, 4.69) is 41.8 Å². The van der Waals surface area contributed by atoms with Gasteiger partial charge in [0.1, 0.15) is 24.7 Å². The molecular formula is C35H41N5O3. The second kappa shape index (κ2) is 12.5. The third kappa shape index (κ3) is 5.97. The molecule has 3 heterocycles. The number of aryl methyl sites for hydroxylation is 1. The molecular weight excluding hydrogens is 538 g/mol. The fourth-order valence-electron chi connectivity index (χ4n) is 6.08. The van der Waals surface area contributed by atoms with Gasteiger partial charge in [-0.2, -0.15) is 0 Å². The number of carbonyl (C=O) groups excluding carboxylic acids is 1. The molecule has 6 rings (SSSR count). The van der Waals surface area contributed by atoms with Crippen LogP contribution in [0.15, 0.2) is 66.7 Å². The lowest BCUT2D eigenvalue weighted by molar-refractivity contribution is 0.0782. The quantitative estimate of drug-likeness (QED) is 0.274. The van der Waals surface area contributed by atoms with Gasteiger partial charge in [0, 0.05) is 57.1 Å². The van der Waals surface area contributed by atoms with Crippen LogP contribution in [0.25, 0.3) is 17.1 Å². The Hall–Kier alpha value is -4.30. The van der Waals surface area contributed by atoms with Gasteiger partial charge in [-0.05, 0) is 63.1 Å². The van der Waals surface area contributed by atoms with E-state index in [0.29, 0.717) is 31.2 Å². The fourth-order valence-corrected chi connectivity index (χ4v) is 6.08. The molecule has 0 spiro atoms. The summed E-state index contributed by atoms with van der Waals surface area (Å²) in [4.78, 5) is 25.5. The van der Waals surface area contributed by atoms with Crippen molar-refractivity contribution in [2.75, 3.05) is 64.4 Å². The fraction of sp³-hybridized carbons (Fsp3) is 0.371. The minimum atomic E-state index is -0.0642. The van der Waals surface area contributed by atoms with Crippen molar-refractivity contribution in [3.63, 3.8) is 0 Å². The van der Waals surface area contributed by atoms with E-state index < -0.39 is 0 Å². The highest BCUT2D eigenvalue weighted by atomic mass is 16.6. The van der Waals surface area contributed by atoms with Gasteiger partial charge in [-0.15, -0.1) is 0 Å². The highest BCUT2D eigenvalue weighted by Gasteiger charge is 2.25. The number of fused-ring (bicyclic) bond motifs is 1. The molecule has 8 nitrogen and oxygen atoms in total. The SMILES string of the molecule is Cc1cccc(N2CCN(CCCN(C)C(=O)c3nc(-c4ccccc4)n(-c4ccc5c(c4)OCCO5)c3C)CC2)c1C. The average molecular weight is 580 g/mol. The summed E-state index contributed by atoms with van der Waals surface area (Å²) in [6.07, 6.45) is 0.916. The number of benzene rings is 3. The van der Waals surface area contributed by atoms with E-state index in [1.807, 2.05) is 72.0 Å². The van der Waals surface area contributed by atoms with E-state index in [0.717, 1.165) is 67.7 Å². The maximum atomic E-state index is 13.8. The summed E-state index contributed by atoms with van der Waals surface area (Å²) < 4.78 is 13.6. The number of carbonyl (C=O) groups is 1. The van der Waals surface area contributed by atoms with Crippen molar-refractivity contribution in [2.45, 2.75) is 27.2 Å². The van der Waals surface area contributed by atoms with Gasteiger partial charge >= 0.3 is 0 Å². The third-order valence-electron chi connectivity index (χ3n) is 8.73. The molecule has 224 valence electrons. The summed E-state index contributed by atoms with van der Waals surface area (Å²) in [5, 5.41) is 0. The Bertz CT molecular complexity index is 1590. The van der Waals surface area contributed by atoms with Crippen molar-refractivity contribution < 1.29 is 14.3 Å². The van der Waals surface area contributed by atoms with Crippen LogP contribution in [0.2, 0.25) is 0 Å². The van der Waals surface area contributed by atoms with Gasteiger partial charge in [-0.1, -0.05) is 42.5 Å². The van der Waals surface area contributed by atoms with Crippen molar-refractivity contribution in [1.82, 2.24) is 19.4 Å². The van der Waals surface area contributed by atoms with E-state index in [1.54, 1.807) is 0 Å². The second-order valence-corrected chi connectivity index (χ2v) is 11.5. The highest BCUT2D eigenvalue weighted by Crippen LogP contribution is 2.35. The van der Waals surface area contributed by atoms with Crippen molar-refractivity contribution in [2.24, 2.45) is 0 Å². The maximum absolute atomic E-state index is 13.8. The van der Waals surface area contributed by atoms with Crippen LogP contribution >= 0.6 is 0 Å². The summed E-state index contributed by atoms with van der Waals surface area (Å²) in [6.45, 7) is 13.2. The number of hydrogen-bond acceptors (Lipinski definition) is 6. The highest BCUT2D eigenvalue weighted by molar-refractivity contribution is 5.94. The number of nitrogens with zero attached hydrogens (tertiary/aromatic N) is 5. The number of anilines is 1. The Balaban J connectivity index is 1.13. The molecule has 1 aromatic heterocycles. The molecule has 0 radical (unpaired) electrons. The molecule has 0 saturated carbocycles. The van der Waals surface area contributed by atoms with E-state index in [4.69, 9.17) is 14.5 Å². The predicted octanol–water partition coefficient (Wildman–Crippen LogP) is 5.52. The van der Waals surface area contributed by atoms with Crippen LogP contribution in [0.3, 0.4) is 0 Å². The minimum Gasteiger partial charge on any atom is -0.486 e. The summed E-state index contributed by atoms with van der Waals surface area (Å²) in [6, 6.07) is 22.5. The molecule has 0 N–H and O–H groups in total. The Morgan fingerprint density at radius 2 is 1.63 bits per heavy atom. The molecule has 8 heteroatoms. The summed E-state index contributed by atoms with van der Waals surface area (Å²) >= 11 is 0. The van der Waals surface area contributed by atoms with Crippen molar-refractivity contribution in [3.8, 4) is 28.6 Å². The number of ether oxygens (including phenoxy) is 2. The monoisotopic (exact) mass is 579 g/mol. The van der Waals surface area contributed by atoms with E-state index >= 15 is 0 Å². The molecule has 0 aliphatic carbocycles. The smallest absolute Gasteiger partial charge is 0.274 e. The first-order valence-corrected chi connectivity index (χ1v) is 15.2. The third-order valence-corrected chi connectivity index (χ3v) is 8.73. The molecule has 0 bridgehead atoms. The van der Waals surface area contributed by atoms with Gasteiger partial charge in [0.2, 0.25) is 0 Å². The van der Waals surface area contributed by atoms with Crippen LogP contribution < -0.4 is 14.4 Å². The van der Waals surface area contributed by atoms with Gasteiger partial charge in [0.15, 0.2) is 11.5 Å². The van der Waals surface area contributed by atoms with Gasteiger partial charge in [-0.25, -0.2) is 4.98 Å². The molecule has 0 unspecified atom stereocenters. The number of aromatic nitrogens is 2. The van der Waals surface area contributed by atoms with Crippen LogP contribution in [-0.2, 0) is 0 Å². The zero-order chi connectivity index (χ0) is 29.9. The molecule has 1 saturated heterocycles. The number of amides is 1. The second-order valence-electron chi connectivity index (χ2n) is 11.5. The predicted molar refractivity (Wildman–Crippen MR) is 171 cm³/mol. The lowest BCUT2D eigenvalue weighted by atomic mass is 10.1. The summed E-state index contributed by atoms with van der Waals surface area (Å²) in [7, 11) is 1.88. The Labute approximate surface area is 254 Å². The van der Waals surface area contributed by atoms with Crippen LogP contribution in [0.1, 0.15) is 33.7 Å². The lowest BCUT2D eigenvalue weighted by Crippen LogP contribution is -2.47. The van der Waals surface area contributed by atoms with Gasteiger partial charge < -0.3 is 19.3 Å². The van der Waals surface area contributed by atoms with Gasteiger partial charge in [0.25, 0.3) is 5.91 Å². The van der Waals surface area contributed by atoms with Crippen molar-refractivity contribution >= 4 is 11.6 Å². The Kier molecular flexibility index (Phi) is 8.38. The van der Waals surface area contributed by atoms with Crippen LogP contribution in [0, 0.1) is 20.8 Å². The molecule has 2 aliphatic heterocycles. The molecule has 1 amide bonds. The molecule has 2 aliphatic rings. The van der Waals surface area contributed by atoms with Gasteiger partial charge in [-0.3, -0.25) is 14.3 Å². The number of hydrogen-bond donors (Lipinski definition) is 0. The first-order chi connectivity index (χ1) is 20.9. The maximum Gasteiger partial charge on any atom is 0.274 e. The largest absolute Gasteiger partial charge is 0.486 e. The standard InChI is InChI=1S/C35H41N5O3/c1-25-10-8-13-30(26(25)2)39-20-18-38(19-21-39)17-9-16-37(4)35(41)33-27(3)40(34(36-33)28-11-6-5-7-12-28)29-14-15-31-32(24-29)43-23-22-42-31/h5-8,10-15,24H,9,16-23H2,1-4H3. The summed E-state index contributed by atoms with van der Waals surface area (Å²) in [5.74, 6) is 2.10. The van der Waals surface area contributed by atoms with E-state index in [1.165, 1.54) is 16.8 Å². The minimum absolute atomic E-state index is 0.0642. The van der Waals surface area contributed by atoms with Crippen LogP contribution in [0.5, 0.6) is 11.5 Å². The number of imidazole rings is 1. The normalized spacial score (nSPS) is 15.0. The lowest BCUT2D eigenvalue weighted by Gasteiger charge is -2.37. The van der Waals surface area contributed by atoms with Crippen LogP contribution in [0.4, 0.5) is 5.69 Å². The summed E-state index contributed by atoms with van der Waals surface area (Å²) in [5.41, 5.74) is 7.17. The number of piperazine rings is 1. The van der Waals surface area contributed by atoms with Crippen molar-refractivity contribution in [1.29, 1.82) is 0 Å². The van der Waals surface area contributed by atoms with Gasteiger partial charge in [0.05, 0.1) is 11.4 Å². The molecule has 0 atom stereocenters. The Morgan fingerprint density at radius 3 is 2.40 bits per heavy atom. The topological polar surface area (TPSA) is 63.1 Å². The average Bonchev–Trinajstić information content (AvgIpc) is 3.39. The molecule has 3 aromatic carbocycles. The van der Waals surface area contributed by atoms with Crippen LogP contribution in [-0.4, -0.2) is 84.8 Å². The Morgan fingerprint density at radius 1 is 0.884 bits per heavy atom. The van der Waals surface area contributed by atoms with E-state index in [-0.39, 0.29) is 5.91 Å². The molecule has 4 aromatic rings. The number of rotatable bonds is 8. The first kappa shape index (κ1) is 28.8. The first-order valence-electron chi connectivity index (χ1n) is 15.2. The van der Waals surface area contributed by atoms with Crippen molar-refractivity contribution in [3.05, 3.63) is 89.2 Å². The zero-order valence-electron chi connectivity index (χ0n) is 25.7. The molecule has 43 heavy (non-hydrogen) atoms. The van der Waals surface area contributed by atoms with E-state index in [9.17, 15) is 4.79 Å².